The number of halogens is 1. The zero-order valence-electron chi connectivity index (χ0n) is 10.3. The van der Waals surface area contributed by atoms with Gasteiger partial charge in [0.1, 0.15) is 5.82 Å². The smallest absolute Gasteiger partial charge is 0.123 e. The van der Waals surface area contributed by atoms with Crippen molar-refractivity contribution in [1.82, 2.24) is 5.32 Å². The second-order valence-corrected chi connectivity index (χ2v) is 4.99. The van der Waals surface area contributed by atoms with E-state index >= 15 is 0 Å². The van der Waals surface area contributed by atoms with Crippen LogP contribution in [0.15, 0.2) is 24.3 Å². The van der Waals surface area contributed by atoms with Gasteiger partial charge in [0.25, 0.3) is 0 Å². The molecule has 1 unspecified atom stereocenters. The van der Waals surface area contributed by atoms with E-state index in [0.29, 0.717) is 0 Å². The molecular formula is C14H20FNO. The van der Waals surface area contributed by atoms with Crippen LogP contribution in [0.2, 0.25) is 0 Å². The molecule has 0 spiro atoms. The molecule has 0 bridgehead atoms. The molecule has 1 atom stereocenters. The first-order valence-electron chi connectivity index (χ1n) is 6.21. The molecule has 0 radical (unpaired) electrons. The third-order valence-electron chi connectivity index (χ3n) is 3.45. The van der Waals surface area contributed by atoms with Crippen LogP contribution in [-0.2, 0) is 11.2 Å². The molecule has 1 aliphatic heterocycles. The molecular weight excluding hydrogens is 217 g/mol. The molecule has 1 fully saturated rings. The first-order chi connectivity index (χ1) is 8.24. The maximum atomic E-state index is 12.9. The van der Waals surface area contributed by atoms with Crippen molar-refractivity contribution in [1.29, 1.82) is 0 Å². The van der Waals surface area contributed by atoms with Gasteiger partial charge < -0.3 is 10.1 Å². The first kappa shape index (κ1) is 12.5. The van der Waals surface area contributed by atoms with Crippen molar-refractivity contribution < 1.29 is 9.13 Å². The van der Waals surface area contributed by atoms with Crippen LogP contribution in [0, 0.1) is 11.2 Å². The summed E-state index contributed by atoms with van der Waals surface area (Å²) in [4.78, 5) is 0. The molecule has 1 aromatic carbocycles. The lowest BCUT2D eigenvalue weighted by molar-refractivity contribution is -0.00624. The van der Waals surface area contributed by atoms with E-state index in [-0.39, 0.29) is 11.2 Å². The Kier molecular flexibility index (Phi) is 4.13. The van der Waals surface area contributed by atoms with Crippen molar-refractivity contribution in [2.24, 2.45) is 5.41 Å². The summed E-state index contributed by atoms with van der Waals surface area (Å²) in [5, 5.41) is 3.26. The standard InChI is InChI=1S/C14H20FNO/c1-16-10-14(7-2-8-17-11-14)9-12-3-5-13(15)6-4-12/h3-6,16H,2,7-11H2,1H3. The van der Waals surface area contributed by atoms with Crippen LogP contribution in [-0.4, -0.2) is 26.8 Å². The van der Waals surface area contributed by atoms with Crippen molar-refractivity contribution in [3.63, 3.8) is 0 Å². The van der Waals surface area contributed by atoms with E-state index in [1.54, 1.807) is 0 Å². The van der Waals surface area contributed by atoms with Gasteiger partial charge in [-0.15, -0.1) is 0 Å². The summed E-state index contributed by atoms with van der Waals surface area (Å²) >= 11 is 0. The SMILES string of the molecule is CNCC1(Cc2ccc(F)cc2)CCCOC1. The molecule has 1 heterocycles. The van der Waals surface area contributed by atoms with E-state index in [2.05, 4.69) is 5.32 Å². The fourth-order valence-electron chi connectivity index (χ4n) is 2.66. The quantitative estimate of drug-likeness (QED) is 0.868. The lowest BCUT2D eigenvalue weighted by atomic mass is 9.77. The van der Waals surface area contributed by atoms with Crippen molar-refractivity contribution in [3.05, 3.63) is 35.6 Å². The Labute approximate surface area is 102 Å². The lowest BCUT2D eigenvalue weighted by Gasteiger charge is -2.37. The average Bonchev–Trinajstić information content (AvgIpc) is 2.34. The van der Waals surface area contributed by atoms with E-state index in [1.807, 2.05) is 19.2 Å². The number of ether oxygens (including phenoxy) is 1. The molecule has 17 heavy (non-hydrogen) atoms. The van der Waals surface area contributed by atoms with Gasteiger partial charge in [0.05, 0.1) is 6.61 Å². The van der Waals surface area contributed by atoms with Crippen LogP contribution in [0.1, 0.15) is 18.4 Å². The number of hydrogen-bond acceptors (Lipinski definition) is 2. The zero-order chi connectivity index (χ0) is 12.1. The van der Waals surface area contributed by atoms with E-state index < -0.39 is 0 Å². The molecule has 2 rings (SSSR count). The van der Waals surface area contributed by atoms with Gasteiger partial charge in [-0.05, 0) is 44.0 Å². The Morgan fingerprint density at radius 2 is 2.12 bits per heavy atom. The maximum absolute atomic E-state index is 12.9. The summed E-state index contributed by atoms with van der Waals surface area (Å²) in [7, 11) is 1.97. The van der Waals surface area contributed by atoms with Gasteiger partial charge in [-0.1, -0.05) is 12.1 Å². The van der Waals surface area contributed by atoms with Crippen LogP contribution in [0.4, 0.5) is 4.39 Å². The van der Waals surface area contributed by atoms with Crippen LogP contribution >= 0.6 is 0 Å². The van der Waals surface area contributed by atoms with Crippen LogP contribution in [0.5, 0.6) is 0 Å². The Morgan fingerprint density at radius 3 is 2.71 bits per heavy atom. The molecule has 1 aromatic rings. The minimum absolute atomic E-state index is 0.170. The first-order valence-corrected chi connectivity index (χ1v) is 6.21. The minimum Gasteiger partial charge on any atom is -0.381 e. The molecule has 0 aromatic heterocycles. The van der Waals surface area contributed by atoms with Gasteiger partial charge in [-0.2, -0.15) is 0 Å². The minimum atomic E-state index is -0.170. The predicted molar refractivity (Wildman–Crippen MR) is 66.5 cm³/mol. The molecule has 1 saturated heterocycles. The summed E-state index contributed by atoms with van der Waals surface area (Å²) in [6, 6.07) is 6.82. The van der Waals surface area contributed by atoms with Gasteiger partial charge in [0.2, 0.25) is 0 Å². The normalized spacial score (nSPS) is 24.8. The van der Waals surface area contributed by atoms with Crippen LogP contribution in [0.25, 0.3) is 0 Å². The molecule has 1 N–H and O–H groups in total. The van der Waals surface area contributed by atoms with Crippen molar-refractivity contribution >= 4 is 0 Å². The number of benzene rings is 1. The Bertz CT molecular complexity index is 338. The molecule has 0 amide bonds. The topological polar surface area (TPSA) is 21.3 Å². The summed E-state index contributed by atoms with van der Waals surface area (Å²) < 4.78 is 18.5. The largest absolute Gasteiger partial charge is 0.381 e. The average molecular weight is 237 g/mol. The van der Waals surface area contributed by atoms with Crippen molar-refractivity contribution in [2.45, 2.75) is 19.3 Å². The van der Waals surface area contributed by atoms with Gasteiger partial charge in [-0.3, -0.25) is 0 Å². The molecule has 1 aliphatic rings. The molecule has 94 valence electrons. The van der Waals surface area contributed by atoms with Crippen LogP contribution < -0.4 is 5.32 Å². The second kappa shape index (κ2) is 5.61. The highest BCUT2D eigenvalue weighted by Crippen LogP contribution is 2.32. The Morgan fingerprint density at radius 1 is 1.35 bits per heavy atom. The van der Waals surface area contributed by atoms with E-state index in [9.17, 15) is 4.39 Å². The molecule has 3 heteroatoms. The fraction of sp³-hybridized carbons (Fsp3) is 0.571. The number of hydrogen-bond donors (Lipinski definition) is 1. The molecule has 0 saturated carbocycles. The van der Waals surface area contributed by atoms with E-state index in [0.717, 1.165) is 32.6 Å². The highest BCUT2D eigenvalue weighted by atomic mass is 19.1. The zero-order valence-corrected chi connectivity index (χ0v) is 10.3. The van der Waals surface area contributed by atoms with Crippen molar-refractivity contribution in [2.75, 3.05) is 26.8 Å². The van der Waals surface area contributed by atoms with Crippen molar-refractivity contribution in [3.8, 4) is 0 Å². The monoisotopic (exact) mass is 237 g/mol. The lowest BCUT2D eigenvalue weighted by Crippen LogP contribution is -2.41. The van der Waals surface area contributed by atoms with Gasteiger partial charge in [-0.25, -0.2) is 4.39 Å². The predicted octanol–water partition coefficient (Wildman–Crippen LogP) is 2.38. The Balaban J connectivity index is 2.08. The summed E-state index contributed by atoms with van der Waals surface area (Å²) in [6.07, 6.45) is 3.24. The third-order valence-corrected chi connectivity index (χ3v) is 3.45. The maximum Gasteiger partial charge on any atom is 0.123 e. The Hall–Kier alpha value is -0.930. The number of nitrogens with one attached hydrogen (secondary N) is 1. The third kappa shape index (κ3) is 3.27. The summed E-state index contributed by atoms with van der Waals surface area (Å²) in [6.45, 7) is 2.62. The highest BCUT2D eigenvalue weighted by Gasteiger charge is 2.32. The number of rotatable bonds is 4. The highest BCUT2D eigenvalue weighted by molar-refractivity contribution is 5.18. The van der Waals surface area contributed by atoms with Crippen LogP contribution in [0.3, 0.4) is 0 Å². The molecule has 0 aliphatic carbocycles. The van der Waals surface area contributed by atoms with Gasteiger partial charge >= 0.3 is 0 Å². The summed E-state index contributed by atoms with van der Waals surface area (Å²) in [5.74, 6) is -0.170. The molecule has 2 nitrogen and oxygen atoms in total. The van der Waals surface area contributed by atoms with Gasteiger partial charge in [0.15, 0.2) is 0 Å². The van der Waals surface area contributed by atoms with E-state index in [1.165, 1.54) is 24.1 Å². The van der Waals surface area contributed by atoms with E-state index in [4.69, 9.17) is 4.74 Å². The fourth-order valence-corrected chi connectivity index (χ4v) is 2.66. The second-order valence-electron chi connectivity index (χ2n) is 4.99. The van der Waals surface area contributed by atoms with Gasteiger partial charge in [0, 0.05) is 18.6 Å². The summed E-state index contributed by atoms with van der Waals surface area (Å²) in [5.41, 5.74) is 1.36.